The average Bonchev–Trinajstić information content (AvgIpc) is 3.21. The second kappa shape index (κ2) is 5.85. The molecule has 0 saturated carbocycles. The lowest BCUT2D eigenvalue weighted by molar-refractivity contribution is -0.122. The third-order valence-electron chi connectivity index (χ3n) is 4.20. The molecule has 0 radical (unpaired) electrons. The third kappa shape index (κ3) is 2.54. The highest BCUT2D eigenvalue weighted by Crippen LogP contribution is 2.38. The fourth-order valence-corrected chi connectivity index (χ4v) is 2.92. The van der Waals surface area contributed by atoms with E-state index >= 15 is 0 Å². The summed E-state index contributed by atoms with van der Waals surface area (Å²) in [5.41, 5.74) is 1.95. The van der Waals surface area contributed by atoms with Gasteiger partial charge in [-0.2, -0.15) is 0 Å². The van der Waals surface area contributed by atoms with Crippen LogP contribution in [0.1, 0.15) is 18.4 Å². The van der Waals surface area contributed by atoms with Crippen molar-refractivity contribution in [3.63, 3.8) is 0 Å². The van der Waals surface area contributed by atoms with Crippen molar-refractivity contribution in [2.24, 2.45) is 0 Å². The van der Waals surface area contributed by atoms with E-state index in [-0.39, 0.29) is 11.8 Å². The summed E-state index contributed by atoms with van der Waals surface area (Å²) >= 11 is 0. The Morgan fingerprint density at radius 1 is 1.08 bits per heavy atom. The summed E-state index contributed by atoms with van der Waals surface area (Å²) in [6.45, 7) is 1.98. The molecule has 0 aliphatic carbocycles. The first-order valence-electron chi connectivity index (χ1n) is 7.81. The second-order valence-corrected chi connectivity index (χ2v) is 5.80. The van der Waals surface area contributed by atoms with Crippen LogP contribution in [-0.4, -0.2) is 17.2 Å². The Morgan fingerprint density at radius 3 is 2.62 bits per heavy atom. The van der Waals surface area contributed by atoms with Gasteiger partial charge in [-0.3, -0.25) is 4.79 Å². The van der Waals surface area contributed by atoms with Gasteiger partial charge in [0.15, 0.2) is 17.7 Å². The fourth-order valence-electron chi connectivity index (χ4n) is 2.92. The van der Waals surface area contributed by atoms with Crippen molar-refractivity contribution in [3.05, 3.63) is 66.2 Å². The van der Waals surface area contributed by atoms with Crippen LogP contribution in [0.4, 0.5) is 5.82 Å². The van der Waals surface area contributed by atoms with Gasteiger partial charge in [-0.05, 0) is 6.07 Å². The van der Waals surface area contributed by atoms with Crippen LogP contribution in [0.2, 0.25) is 0 Å². The van der Waals surface area contributed by atoms with Gasteiger partial charge in [0.25, 0.3) is 5.91 Å². The summed E-state index contributed by atoms with van der Waals surface area (Å²) in [6.07, 6.45) is -0.570. The quantitative estimate of drug-likeness (QED) is 0.796. The van der Waals surface area contributed by atoms with Crippen molar-refractivity contribution in [2.45, 2.75) is 18.9 Å². The number of amides is 1. The molecule has 0 fully saturated rings. The highest BCUT2D eigenvalue weighted by Gasteiger charge is 2.36. The van der Waals surface area contributed by atoms with Gasteiger partial charge in [-0.25, -0.2) is 0 Å². The molecule has 2 heterocycles. The molecular formula is C19H16N2O3. The number of fused-ring (bicyclic) bond motifs is 1. The van der Waals surface area contributed by atoms with E-state index in [1.54, 1.807) is 6.07 Å². The Balaban J connectivity index is 1.49. The molecule has 1 aliphatic rings. The average molecular weight is 320 g/mol. The van der Waals surface area contributed by atoms with Gasteiger partial charge in [0, 0.05) is 23.1 Å². The number of carbonyl (C=O) groups is 1. The molecule has 2 atom stereocenters. The number of carbonyl (C=O) groups excluding carboxylic acids is 1. The van der Waals surface area contributed by atoms with E-state index in [0.29, 0.717) is 11.6 Å². The van der Waals surface area contributed by atoms with Gasteiger partial charge in [0.05, 0.1) is 0 Å². The first-order chi connectivity index (χ1) is 11.7. The van der Waals surface area contributed by atoms with Gasteiger partial charge < -0.3 is 14.6 Å². The third-order valence-corrected chi connectivity index (χ3v) is 4.20. The van der Waals surface area contributed by atoms with Crippen molar-refractivity contribution >= 4 is 11.7 Å². The van der Waals surface area contributed by atoms with E-state index in [1.165, 1.54) is 0 Å². The zero-order chi connectivity index (χ0) is 16.5. The monoisotopic (exact) mass is 320 g/mol. The van der Waals surface area contributed by atoms with Crippen LogP contribution in [0.5, 0.6) is 5.75 Å². The van der Waals surface area contributed by atoms with Crippen LogP contribution in [0.3, 0.4) is 0 Å². The molecule has 2 aromatic carbocycles. The molecular weight excluding hydrogens is 304 g/mol. The number of para-hydroxylation sites is 1. The highest BCUT2D eigenvalue weighted by molar-refractivity contribution is 5.95. The van der Waals surface area contributed by atoms with Crippen molar-refractivity contribution in [1.82, 2.24) is 5.16 Å². The van der Waals surface area contributed by atoms with E-state index in [4.69, 9.17) is 9.26 Å². The van der Waals surface area contributed by atoms with Crippen molar-refractivity contribution in [3.8, 4) is 17.1 Å². The van der Waals surface area contributed by atoms with Crippen LogP contribution in [0, 0.1) is 0 Å². The number of rotatable bonds is 3. The molecule has 120 valence electrons. The first kappa shape index (κ1) is 14.5. The Morgan fingerprint density at radius 2 is 1.83 bits per heavy atom. The zero-order valence-corrected chi connectivity index (χ0v) is 13.1. The number of ether oxygens (including phenoxy) is 1. The maximum absolute atomic E-state index is 12.5. The van der Waals surface area contributed by atoms with Gasteiger partial charge >= 0.3 is 0 Å². The Bertz CT molecular complexity index is 873. The predicted octanol–water partition coefficient (Wildman–Crippen LogP) is 3.84. The van der Waals surface area contributed by atoms with E-state index in [2.05, 4.69) is 10.5 Å². The van der Waals surface area contributed by atoms with Crippen LogP contribution in [0.15, 0.2) is 65.2 Å². The van der Waals surface area contributed by atoms with Crippen molar-refractivity contribution in [2.75, 3.05) is 5.32 Å². The number of benzene rings is 2. The highest BCUT2D eigenvalue weighted by atomic mass is 16.5. The summed E-state index contributed by atoms with van der Waals surface area (Å²) < 4.78 is 11.1. The number of hydrogen-bond donors (Lipinski definition) is 1. The lowest BCUT2D eigenvalue weighted by Crippen LogP contribution is -2.33. The molecule has 1 aromatic heterocycles. The van der Waals surface area contributed by atoms with Gasteiger partial charge in [0.2, 0.25) is 0 Å². The Labute approximate surface area is 139 Å². The minimum atomic E-state index is -0.570. The summed E-state index contributed by atoms with van der Waals surface area (Å²) in [6, 6.07) is 19.0. The molecule has 1 N–H and O–H groups in total. The fraction of sp³-hybridized carbons (Fsp3) is 0.158. The molecule has 24 heavy (non-hydrogen) atoms. The second-order valence-electron chi connectivity index (χ2n) is 5.80. The number of nitrogens with one attached hydrogen (secondary N) is 1. The number of anilines is 1. The standard InChI is InChI=1S/C19H16N2O3/c1-12-14-9-5-6-10-15(14)23-18(12)19(22)20-17-11-16(24-21-17)13-7-3-2-4-8-13/h2-12,18H,1H3,(H,20,21,22). The topological polar surface area (TPSA) is 64.4 Å². The van der Waals surface area contributed by atoms with Gasteiger partial charge in [-0.15, -0.1) is 0 Å². The molecule has 0 spiro atoms. The summed E-state index contributed by atoms with van der Waals surface area (Å²) in [4.78, 5) is 12.5. The number of hydrogen-bond acceptors (Lipinski definition) is 4. The molecule has 0 bridgehead atoms. The lowest BCUT2D eigenvalue weighted by Gasteiger charge is -2.13. The molecule has 0 saturated heterocycles. The molecule has 1 amide bonds. The van der Waals surface area contributed by atoms with Gasteiger partial charge in [-0.1, -0.05) is 60.6 Å². The number of aromatic nitrogens is 1. The minimum absolute atomic E-state index is 0.0123. The largest absolute Gasteiger partial charge is 0.480 e. The SMILES string of the molecule is CC1c2ccccc2OC1C(=O)Nc1cc(-c2ccccc2)on1. The zero-order valence-electron chi connectivity index (χ0n) is 13.1. The van der Waals surface area contributed by atoms with Crippen LogP contribution < -0.4 is 10.1 Å². The normalized spacial score (nSPS) is 18.7. The van der Waals surface area contributed by atoms with Crippen LogP contribution in [0.25, 0.3) is 11.3 Å². The Kier molecular flexibility index (Phi) is 3.54. The van der Waals surface area contributed by atoms with Gasteiger partial charge in [0.1, 0.15) is 5.75 Å². The summed E-state index contributed by atoms with van der Waals surface area (Å²) in [5.74, 6) is 1.50. The minimum Gasteiger partial charge on any atom is -0.480 e. The maximum Gasteiger partial charge on any atom is 0.267 e. The molecule has 4 rings (SSSR count). The van der Waals surface area contributed by atoms with E-state index in [0.717, 1.165) is 16.9 Å². The van der Waals surface area contributed by atoms with E-state index < -0.39 is 6.10 Å². The van der Waals surface area contributed by atoms with Crippen LogP contribution >= 0.6 is 0 Å². The number of nitrogens with zero attached hydrogens (tertiary/aromatic N) is 1. The van der Waals surface area contributed by atoms with E-state index in [1.807, 2.05) is 61.5 Å². The molecule has 5 heteroatoms. The first-order valence-corrected chi connectivity index (χ1v) is 7.81. The maximum atomic E-state index is 12.5. The predicted molar refractivity (Wildman–Crippen MR) is 89.8 cm³/mol. The summed E-state index contributed by atoms with van der Waals surface area (Å²) in [7, 11) is 0. The van der Waals surface area contributed by atoms with Crippen molar-refractivity contribution < 1.29 is 14.1 Å². The van der Waals surface area contributed by atoms with E-state index in [9.17, 15) is 4.79 Å². The smallest absolute Gasteiger partial charge is 0.267 e. The molecule has 2 unspecified atom stereocenters. The van der Waals surface area contributed by atoms with Crippen LogP contribution in [-0.2, 0) is 4.79 Å². The Hall–Kier alpha value is -3.08. The summed E-state index contributed by atoms with van der Waals surface area (Å²) in [5, 5.41) is 6.69. The molecule has 3 aromatic rings. The lowest BCUT2D eigenvalue weighted by atomic mass is 9.97. The molecule has 5 nitrogen and oxygen atoms in total. The molecule has 1 aliphatic heterocycles. The van der Waals surface area contributed by atoms with Crippen molar-refractivity contribution in [1.29, 1.82) is 0 Å².